The molecular weight excluding hydrogens is 220 g/mol. The lowest BCUT2D eigenvalue weighted by molar-refractivity contribution is 0.290. The highest BCUT2D eigenvalue weighted by Crippen LogP contribution is 2.01. The van der Waals surface area contributed by atoms with Crippen LogP contribution in [0, 0.1) is 0 Å². The van der Waals surface area contributed by atoms with Gasteiger partial charge in [0.1, 0.15) is 0 Å². The van der Waals surface area contributed by atoms with Crippen LogP contribution in [0.5, 0.6) is 0 Å². The first kappa shape index (κ1) is 15.2. The molecule has 0 aliphatic carbocycles. The molecule has 16 heavy (non-hydrogen) atoms. The molecule has 2 nitrogen and oxygen atoms in total. The first-order valence-corrected chi connectivity index (χ1v) is 5.36. The van der Waals surface area contributed by atoms with Crippen LogP contribution in [-0.4, -0.2) is 31.1 Å². The van der Waals surface area contributed by atoms with Crippen molar-refractivity contribution in [2.45, 2.75) is 13.0 Å². The van der Waals surface area contributed by atoms with Crippen molar-refractivity contribution in [1.82, 2.24) is 4.90 Å². The molecule has 0 aliphatic rings. The molecule has 1 atom stereocenters. The summed E-state index contributed by atoms with van der Waals surface area (Å²) in [5.41, 5.74) is 6.83. The van der Waals surface area contributed by atoms with Crippen molar-refractivity contribution in [2.75, 3.05) is 20.1 Å². The summed E-state index contributed by atoms with van der Waals surface area (Å²) in [4.78, 5) is 2.24. The van der Waals surface area contributed by atoms with Crippen LogP contribution in [0.15, 0.2) is 36.4 Å². The van der Waals surface area contributed by atoms with E-state index in [-0.39, 0.29) is 12.4 Å². The van der Waals surface area contributed by atoms with Crippen LogP contribution in [0.3, 0.4) is 0 Å². The molecule has 0 heterocycles. The van der Waals surface area contributed by atoms with Crippen molar-refractivity contribution < 1.29 is 0 Å². The summed E-state index contributed by atoms with van der Waals surface area (Å²) in [6, 6.07) is 10.8. The van der Waals surface area contributed by atoms with Crippen molar-refractivity contribution in [2.24, 2.45) is 5.73 Å². The second-order valence-corrected chi connectivity index (χ2v) is 3.84. The van der Waals surface area contributed by atoms with E-state index in [9.17, 15) is 0 Å². The number of benzene rings is 1. The van der Waals surface area contributed by atoms with Crippen molar-refractivity contribution in [3.05, 3.63) is 42.0 Å². The Morgan fingerprint density at radius 1 is 1.31 bits per heavy atom. The molecular formula is C13H21ClN2. The fraction of sp³-hybridized carbons (Fsp3) is 0.385. The Morgan fingerprint density at radius 3 is 2.50 bits per heavy atom. The summed E-state index contributed by atoms with van der Waals surface area (Å²) in [5.74, 6) is 0. The zero-order valence-corrected chi connectivity index (χ0v) is 10.8. The summed E-state index contributed by atoms with van der Waals surface area (Å²) in [6.45, 7) is 3.78. The van der Waals surface area contributed by atoms with Gasteiger partial charge in [0.15, 0.2) is 0 Å². The van der Waals surface area contributed by atoms with Crippen LogP contribution in [0.4, 0.5) is 0 Å². The van der Waals surface area contributed by atoms with Crippen molar-refractivity contribution in [1.29, 1.82) is 0 Å². The third kappa shape index (κ3) is 5.31. The molecule has 1 aromatic carbocycles. The standard InChI is InChI=1S/C13H20N2.ClH/c1-12(11-14)15(2)10-6-9-13-7-4-3-5-8-13;/h3-9,12H,10-11,14H2,1-2H3;1H/b9-6+;. The smallest absolute Gasteiger partial charge is 0.0190 e. The summed E-state index contributed by atoms with van der Waals surface area (Å²) >= 11 is 0. The van der Waals surface area contributed by atoms with Crippen LogP contribution in [0.25, 0.3) is 6.08 Å². The molecule has 3 heteroatoms. The third-order valence-corrected chi connectivity index (χ3v) is 2.60. The third-order valence-electron chi connectivity index (χ3n) is 2.60. The predicted octanol–water partition coefficient (Wildman–Crippen LogP) is 2.40. The zero-order valence-electron chi connectivity index (χ0n) is 9.97. The van der Waals surface area contributed by atoms with Gasteiger partial charge in [-0.25, -0.2) is 0 Å². The lowest BCUT2D eigenvalue weighted by Gasteiger charge is -2.21. The molecule has 1 rings (SSSR count). The Morgan fingerprint density at radius 2 is 1.94 bits per heavy atom. The van der Waals surface area contributed by atoms with Crippen molar-refractivity contribution >= 4 is 18.5 Å². The quantitative estimate of drug-likeness (QED) is 0.857. The molecule has 0 radical (unpaired) electrons. The van der Waals surface area contributed by atoms with Crippen LogP contribution >= 0.6 is 12.4 Å². The van der Waals surface area contributed by atoms with E-state index in [0.717, 1.165) is 6.54 Å². The SMILES string of the molecule is CC(CN)N(C)C/C=C/c1ccccc1.Cl. The monoisotopic (exact) mass is 240 g/mol. The minimum atomic E-state index is 0. The number of nitrogens with zero attached hydrogens (tertiary/aromatic N) is 1. The Hall–Kier alpha value is -0.830. The molecule has 0 bridgehead atoms. The van der Waals surface area contributed by atoms with Crippen LogP contribution < -0.4 is 5.73 Å². The van der Waals surface area contributed by atoms with Gasteiger partial charge in [0.2, 0.25) is 0 Å². The van der Waals surface area contributed by atoms with E-state index < -0.39 is 0 Å². The van der Waals surface area contributed by atoms with Gasteiger partial charge in [-0.1, -0.05) is 42.5 Å². The Balaban J connectivity index is 0.00000225. The molecule has 0 fully saturated rings. The zero-order chi connectivity index (χ0) is 11.1. The fourth-order valence-corrected chi connectivity index (χ4v) is 1.28. The maximum atomic E-state index is 5.59. The summed E-state index contributed by atoms with van der Waals surface area (Å²) < 4.78 is 0. The van der Waals surface area contributed by atoms with Crippen LogP contribution in [-0.2, 0) is 0 Å². The van der Waals surface area contributed by atoms with Crippen molar-refractivity contribution in [3.8, 4) is 0 Å². The maximum Gasteiger partial charge on any atom is 0.0190 e. The number of hydrogen-bond donors (Lipinski definition) is 1. The molecule has 0 aromatic heterocycles. The molecule has 0 amide bonds. The van der Waals surface area contributed by atoms with E-state index in [4.69, 9.17) is 5.73 Å². The number of likely N-dealkylation sites (N-methyl/N-ethyl adjacent to an activating group) is 1. The van der Waals surface area contributed by atoms with Gasteiger partial charge in [-0.2, -0.15) is 0 Å². The topological polar surface area (TPSA) is 29.3 Å². The first-order chi connectivity index (χ1) is 7.24. The molecule has 1 aromatic rings. The molecule has 90 valence electrons. The molecule has 0 saturated heterocycles. The highest BCUT2D eigenvalue weighted by Gasteiger charge is 2.03. The molecule has 0 spiro atoms. The van der Waals surface area contributed by atoms with Gasteiger partial charge in [0.25, 0.3) is 0 Å². The van der Waals surface area contributed by atoms with E-state index >= 15 is 0 Å². The molecule has 0 saturated carbocycles. The van der Waals surface area contributed by atoms with Crippen molar-refractivity contribution in [3.63, 3.8) is 0 Å². The predicted molar refractivity (Wildman–Crippen MR) is 73.9 cm³/mol. The Labute approximate surface area is 105 Å². The first-order valence-electron chi connectivity index (χ1n) is 5.36. The number of rotatable bonds is 5. The number of hydrogen-bond acceptors (Lipinski definition) is 2. The van der Waals surface area contributed by atoms with Gasteiger partial charge >= 0.3 is 0 Å². The van der Waals surface area contributed by atoms with Gasteiger partial charge in [-0.15, -0.1) is 12.4 Å². The molecule has 1 unspecified atom stereocenters. The van der Waals surface area contributed by atoms with Gasteiger partial charge < -0.3 is 5.73 Å². The van der Waals surface area contributed by atoms with E-state index in [2.05, 4.69) is 43.2 Å². The summed E-state index contributed by atoms with van der Waals surface area (Å²) in [7, 11) is 2.09. The second kappa shape index (κ2) is 8.34. The lowest BCUT2D eigenvalue weighted by Crippen LogP contribution is -2.35. The van der Waals surface area contributed by atoms with E-state index in [1.165, 1.54) is 5.56 Å². The highest BCUT2D eigenvalue weighted by molar-refractivity contribution is 5.85. The molecule has 0 aliphatic heterocycles. The van der Waals surface area contributed by atoms with Gasteiger partial charge in [-0.05, 0) is 19.5 Å². The van der Waals surface area contributed by atoms with E-state index in [0.29, 0.717) is 12.6 Å². The number of nitrogens with two attached hydrogens (primary N) is 1. The average Bonchev–Trinajstić information content (AvgIpc) is 2.29. The van der Waals surface area contributed by atoms with Gasteiger partial charge in [0, 0.05) is 19.1 Å². The minimum absolute atomic E-state index is 0. The van der Waals surface area contributed by atoms with E-state index in [1.54, 1.807) is 0 Å². The minimum Gasteiger partial charge on any atom is -0.329 e. The Bertz CT molecular complexity index is 298. The van der Waals surface area contributed by atoms with E-state index in [1.807, 2.05) is 18.2 Å². The highest BCUT2D eigenvalue weighted by atomic mass is 35.5. The lowest BCUT2D eigenvalue weighted by atomic mass is 10.2. The van der Waals surface area contributed by atoms with Crippen LogP contribution in [0.2, 0.25) is 0 Å². The maximum absolute atomic E-state index is 5.59. The largest absolute Gasteiger partial charge is 0.329 e. The molecule has 2 N–H and O–H groups in total. The average molecular weight is 241 g/mol. The summed E-state index contributed by atoms with van der Waals surface area (Å²) in [6.07, 6.45) is 4.31. The Kier molecular flexibility index (Phi) is 7.90. The van der Waals surface area contributed by atoms with Gasteiger partial charge in [0.05, 0.1) is 0 Å². The fourth-order valence-electron chi connectivity index (χ4n) is 1.28. The normalized spacial score (nSPS) is 12.8. The van der Waals surface area contributed by atoms with Crippen LogP contribution in [0.1, 0.15) is 12.5 Å². The second-order valence-electron chi connectivity index (χ2n) is 3.84. The van der Waals surface area contributed by atoms with Gasteiger partial charge in [-0.3, -0.25) is 4.90 Å². The summed E-state index contributed by atoms with van der Waals surface area (Å²) in [5, 5.41) is 0. The number of halogens is 1.